The Labute approximate surface area is 157 Å². The van der Waals surface area contributed by atoms with Gasteiger partial charge < -0.3 is 0 Å². The molecule has 0 aliphatic heterocycles. The van der Waals surface area contributed by atoms with E-state index in [0.717, 1.165) is 16.7 Å². The number of hydrogen-bond donors (Lipinski definition) is 0. The van der Waals surface area contributed by atoms with Crippen LogP contribution in [0.1, 0.15) is 22.3 Å². The molecule has 0 radical (unpaired) electrons. The van der Waals surface area contributed by atoms with Gasteiger partial charge in [0.25, 0.3) is 0 Å². The van der Waals surface area contributed by atoms with Gasteiger partial charge in [0.05, 0.1) is 30.7 Å². The second-order valence-electron chi connectivity index (χ2n) is 8.31. The van der Waals surface area contributed by atoms with E-state index >= 15 is 0 Å². The molecular weight excluding hydrogens is 332 g/mol. The number of benzene rings is 2. The van der Waals surface area contributed by atoms with Crippen molar-refractivity contribution in [3.05, 3.63) is 58.8 Å². The summed E-state index contributed by atoms with van der Waals surface area (Å²) in [5.74, 6) is 0. The minimum atomic E-state index is -1.34. The van der Waals surface area contributed by atoms with Crippen molar-refractivity contribution in [3.63, 3.8) is 0 Å². The van der Waals surface area contributed by atoms with Gasteiger partial charge in [-0.1, -0.05) is 37.0 Å². The lowest BCUT2D eigenvalue weighted by Crippen LogP contribution is -2.37. The van der Waals surface area contributed by atoms with Crippen molar-refractivity contribution in [3.8, 4) is 17.3 Å². The van der Waals surface area contributed by atoms with Gasteiger partial charge in [0.2, 0.25) is 5.69 Å². The van der Waals surface area contributed by atoms with Crippen LogP contribution in [0.15, 0.2) is 36.5 Å². The molecule has 0 atom stereocenters. The van der Waals surface area contributed by atoms with Gasteiger partial charge in [-0.3, -0.25) is 0 Å². The molecule has 0 N–H and O–H groups in total. The summed E-state index contributed by atoms with van der Waals surface area (Å²) in [6.07, 6.45) is 2.15. The summed E-state index contributed by atoms with van der Waals surface area (Å²) in [7, 11) is 0.756. The molecule has 3 rings (SSSR count). The average molecular weight is 360 g/mol. The highest BCUT2D eigenvalue weighted by molar-refractivity contribution is 6.88. The van der Waals surface area contributed by atoms with Gasteiger partial charge in [0.1, 0.15) is 7.05 Å². The van der Waals surface area contributed by atoms with Crippen LogP contribution in [0.2, 0.25) is 19.6 Å². The molecule has 26 heavy (non-hydrogen) atoms. The molecule has 0 fully saturated rings. The van der Waals surface area contributed by atoms with E-state index in [0.29, 0.717) is 0 Å². The van der Waals surface area contributed by atoms with E-state index in [4.69, 9.17) is 0 Å². The van der Waals surface area contributed by atoms with Gasteiger partial charge in [0.15, 0.2) is 6.20 Å². The first-order chi connectivity index (χ1) is 12.1. The molecule has 0 saturated carbocycles. The number of rotatable bonds is 2. The second kappa shape index (κ2) is 6.37. The number of nitriles is 1. The van der Waals surface area contributed by atoms with Crippen LogP contribution in [0, 0.1) is 32.1 Å². The lowest BCUT2D eigenvalue weighted by Gasteiger charge is -2.18. The summed E-state index contributed by atoms with van der Waals surface area (Å²) in [5.41, 5.74) is 6.55. The normalized spacial score (nSPS) is 11.6. The Morgan fingerprint density at radius 3 is 2.27 bits per heavy atom. The van der Waals surface area contributed by atoms with Gasteiger partial charge in [-0.2, -0.15) is 5.26 Å². The van der Waals surface area contributed by atoms with Gasteiger partial charge in [-0.25, -0.2) is 4.57 Å². The first kappa shape index (κ1) is 18.4. The van der Waals surface area contributed by atoms with E-state index in [-0.39, 0.29) is 0 Å². The van der Waals surface area contributed by atoms with E-state index in [9.17, 15) is 5.26 Å². The number of pyridine rings is 1. The third kappa shape index (κ3) is 2.95. The van der Waals surface area contributed by atoms with E-state index in [1.165, 1.54) is 32.8 Å². The van der Waals surface area contributed by atoms with Crippen LogP contribution in [0.5, 0.6) is 0 Å². The number of aromatic nitrogens is 1. The standard InChI is InChI=1S/C23H27N2Si/c1-15-12-21(16(2)17(3)22(15)14-24)23-20-9-8-19(26(5,6)7)13-18(20)10-11-25(23)4/h8-13H,1-7H3/q+1. The van der Waals surface area contributed by atoms with E-state index in [1.54, 1.807) is 0 Å². The summed E-state index contributed by atoms with van der Waals surface area (Å²) in [6.45, 7) is 13.4. The zero-order valence-electron chi connectivity index (χ0n) is 16.9. The Kier molecular flexibility index (Phi) is 4.50. The smallest absolute Gasteiger partial charge is 0.200 e. The molecule has 0 aliphatic carbocycles. The maximum absolute atomic E-state index is 9.47. The van der Waals surface area contributed by atoms with Gasteiger partial charge in [-0.15, -0.1) is 0 Å². The topological polar surface area (TPSA) is 27.7 Å². The Hall–Kier alpha value is -2.44. The van der Waals surface area contributed by atoms with E-state index < -0.39 is 8.07 Å². The molecule has 3 aromatic rings. The summed E-state index contributed by atoms with van der Waals surface area (Å²) < 4.78 is 2.20. The molecule has 1 heterocycles. The zero-order chi connectivity index (χ0) is 19.2. The van der Waals surface area contributed by atoms with Crippen molar-refractivity contribution in [2.24, 2.45) is 7.05 Å². The number of aryl methyl sites for hydroxylation is 2. The Morgan fingerprint density at radius 2 is 1.65 bits per heavy atom. The van der Waals surface area contributed by atoms with Crippen molar-refractivity contribution in [1.29, 1.82) is 5.26 Å². The average Bonchev–Trinajstić information content (AvgIpc) is 2.57. The molecule has 1 aromatic heterocycles. The van der Waals surface area contributed by atoms with E-state index in [1.807, 2.05) is 6.92 Å². The molecule has 2 nitrogen and oxygen atoms in total. The van der Waals surface area contributed by atoms with Crippen LogP contribution < -0.4 is 9.75 Å². The molecular formula is C23H27N2Si+. The van der Waals surface area contributed by atoms with Crippen molar-refractivity contribution in [2.45, 2.75) is 40.4 Å². The molecule has 0 spiro atoms. The van der Waals surface area contributed by atoms with E-state index in [2.05, 4.69) is 87.7 Å². The predicted molar refractivity (Wildman–Crippen MR) is 112 cm³/mol. The molecule has 0 unspecified atom stereocenters. The maximum Gasteiger partial charge on any atom is 0.220 e. The largest absolute Gasteiger partial charge is 0.220 e. The lowest BCUT2D eigenvalue weighted by molar-refractivity contribution is -0.659. The summed E-state index contributed by atoms with van der Waals surface area (Å²) in [6, 6.07) is 13.7. The summed E-state index contributed by atoms with van der Waals surface area (Å²) in [5, 5.41) is 13.5. The third-order valence-electron chi connectivity index (χ3n) is 5.47. The Bertz CT molecular complexity index is 1070. The fourth-order valence-electron chi connectivity index (χ4n) is 3.67. The van der Waals surface area contributed by atoms with Crippen LogP contribution in [0.4, 0.5) is 0 Å². The van der Waals surface area contributed by atoms with Crippen molar-refractivity contribution in [1.82, 2.24) is 0 Å². The minimum absolute atomic E-state index is 0.801. The monoisotopic (exact) mass is 359 g/mol. The fraction of sp³-hybridized carbons (Fsp3) is 0.304. The highest BCUT2D eigenvalue weighted by atomic mass is 28.3. The fourth-order valence-corrected chi connectivity index (χ4v) is 4.85. The molecule has 132 valence electrons. The number of nitrogens with zero attached hydrogens (tertiary/aromatic N) is 2. The van der Waals surface area contributed by atoms with Crippen LogP contribution in [0.3, 0.4) is 0 Å². The number of hydrogen-bond acceptors (Lipinski definition) is 1. The minimum Gasteiger partial charge on any atom is -0.200 e. The lowest BCUT2D eigenvalue weighted by atomic mass is 9.91. The molecule has 0 amide bonds. The number of fused-ring (bicyclic) bond motifs is 1. The van der Waals surface area contributed by atoms with Crippen LogP contribution in [-0.4, -0.2) is 8.07 Å². The Balaban J connectivity index is 2.36. The van der Waals surface area contributed by atoms with Crippen molar-refractivity contribution < 1.29 is 4.57 Å². The van der Waals surface area contributed by atoms with Gasteiger partial charge in [0, 0.05) is 6.07 Å². The maximum atomic E-state index is 9.47. The first-order valence-electron chi connectivity index (χ1n) is 9.09. The molecule has 2 aromatic carbocycles. The van der Waals surface area contributed by atoms with Gasteiger partial charge >= 0.3 is 0 Å². The first-order valence-corrected chi connectivity index (χ1v) is 12.6. The highest BCUT2D eigenvalue weighted by Gasteiger charge is 2.22. The second-order valence-corrected chi connectivity index (χ2v) is 13.4. The molecule has 0 bridgehead atoms. The quantitative estimate of drug-likeness (QED) is 0.482. The van der Waals surface area contributed by atoms with Crippen LogP contribution >= 0.6 is 0 Å². The molecule has 0 saturated heterocycles. The molecule has 3 heteroatoms. The SMILES string of the molecule is Cc1cc(-c2c3ccc([Si](C)(C)C)cc3cc[n+]2C)c(C)c(C)c1C#N. The van der Waals surface area contributed by atoms with Crippen LogP contribution in [0.25, 0.3) is 22.0 Å². The van der Waals surface area contributed by atoms with Crippen molar-refractivity contribution in [2.75, 3.05) is 0 Å². The summed E-state index contributed by atoms with van der Waals surface area (Å²) >= 11 is 0. The summed E-state index contributed by atoms with van der Waals surface area (Å²) in [4.78, 5) is 0. The van der Waals surface area contributed by atoms with Gasteiger partial charge in [-0.05, 0) is 55.0 Å². The highest BCUT2D eigenvalue weighted by Crippen LogP contribution is 2.32. The van der Waals surface area contributed by atoms with Crippen LogP contribution in [-0.2, 0) is 7.05 Å². The Morgan fingerprint density at radius 1 is 0.962 bits per heavy atom. The third-order valence-corrected chi connectivity index (χ3v) is 7.51. The molecule has 0 aliphatic rings. The van der Waals surface area contributed by atoms with Crippen molar-refractivity contribution >= 4 is 24.0 Å². The predicted octanol–water partition coefficient (Wildman–Crippen LogP) is 4.67. The zero-order valence-corrected chi connectivity index (χ0v) is 17.9.